The summed E-state index contributed by atoms with van der Waals surface area (Å²) in [4.78, 5) is 25.9. The molecule has 0 aromatic heterocycles. The van der Waals surface area contributed by atoms with Gasteiger partial charge in [0.05, 0.1) is 5.69 Å². The van der Waals surface area contributed by atoms with E-state index in [9.17, 15) is 19.8 Å². The molecule has 0 fully saturated rings. The van der Waals surface area contributed by atoms with Gasteiger partial charge in [-0.3, -0.25) is 9.59 Å². The van der Waals surface area contributed by atoms with E-state index in [1.54, 1.807) is 55.1 Å². The summed E-state index contributed by atoms with van der Waals surface area (Å²) in [5.74, 6) is -0.143. The van der Waals surface area contributed by atoms with Crippen LogP contribution in [0.25, 0.3) is 0 Å². The van der Waals surface area contributed by atoms with Crippen LogP contribution in [-0.4, -0.2) is 46.8 Å². The molecule has 4 N–H and O–H groups in total. The van der Waals surface area contributed by atoms with Crippen molar-refractivity contribution >= 4 is 29.3 Å². The summed E-state index contributed by atoms with van der Waals surface area (Å²) in [6.45, 7) is 1.21. The van der Waals surface area contributed by atoms with E-state index >= 15 is 0 Å². The predicted octanol–water partition coefficient (Wildman–Crippen LogP) is 2.04. The molecule has 2 aromatic carbocycles. The molecular formula is C20H25N3O4S. The number of thioether (sulfide) groups is 1. The number of rotatable bonds is 9. The molecule has 2 amide bonds. The average Bonchev–Trinajstić information content (AvgIpc) is 2.71. The number of aliphatic hydroxyl groups excluding tert-OH is 1. The molecule has 7 nitrogen and oxygen atoms in total. The Kier molecular flexibility index (Phi) is 8.31. The van der Waals surface area contributed by atoms with Gasteiger partial charge in [-0.1, -0.05) is 24.3 Å². The predicted molar refractivity (Wildman–Crippen MR) is 111 cm³/mol. The minimum absolute atomic E-state index is 0.0208. The second kappa shape index (κ2) is 10.7. The fourth-order valence-corrected chi connectivity index (χ4v) is 3.17. The van der Waals surface area contributed by atoms with E-state index in [2.05, 4.69) is 10.7 Å². The number of amides is 2. The number of nitrogens with zero attached hydrogens (tertiary/aromatic N) is 1. The molecule has 2 rings (SSSR count). The molecule has 0 bridgehead atoms. The Morgan fingerprint density at radius 3 is 2.50 bits per heavy atom. The molecule has 28 heavy (non-hydrogen) atoms. The monoisotopic (exact) mass is 403 g/mol. The van der Waals surface area contributed by atoms with Crippen molar-refractivity contribution in [2.75, 3.05) is 23.7 Å². The Labute approximate surface area is 168 Å². The molecule has 2 aromatic rings. The SMILES string of the molecule is CSCC[C@H](NC(=O)c1cccc(O)c1C)C(=O)N(NCO)c1ccccc1. The summed E-state index contributed by atoms with van der Waals surface area (Å²) in [6, 6.07) is 12.7. The molecule has 150 valence electrons. The molecule has 0 unspecified atom stereocenters. The number of phenolic OH excluding ortho intramolecular Hbond substituents is 1. The van der Waals surface area contributed by atoms with E-state index in [0.717, 1.165) is 0 Å². The van der Waals surface area contributed by atoms with Gasteiger partial charge in [0.15, 0.2) is 0 Å². The number of carbonyl (C=O) groups is 2. The highest BCUT2D eigenvalue weighted by molar-refractivity contribution is 7.98. The van der Waals surface area contributed by atoms with Gasteiger partial charge < -0.3 is 15.5 Å². The van der Waals surface area contributed by atoms with Gasteiger partial charge in [0.2, 0.25) is 0 Å². The Morgan fingerprint density at radius 1 is 1.14 bits per heavy atom. The van der Waals surface area contributed by atoms with E-state index in [1.807, 2.05) is 12.3 Å². The quantitative estimate of drug-likeness (QED) is 0.378. The van der Waals surface area contributed by atoms with E-state index in [-0.39, 0.29) is 11.7 Å². The number of hydrogen-bond donors (Lipinski definition) is 4. The number of aliphatic hydroxyl groups is 1. The third-order valence-electron chi connectivity index (χ3n) is 4.23. The van der Waals surface area contributed by atoms with Crippen molar-refractivity contribution in [3.63, 3.8) is 0 Å². The van der Waals surface area contributed by atoms with Crippen molar-refractivity contribution in [1.29, 1.82) is 0 Å². The van der Waals surface area contributed by atoms with Crippen LogP contribution < -0.4 is 15.8 Å². The highest BCUT2D eigenvalue weighted by Gasteiger charge is 2.27. The van der Waals surface area contributed by atoms with Crippen LogP contribution in [0.15, 0.2) is 48.5 Å². The summed E-state index contributed by atoms with van der Waals surface area (Å²) >= 11 is 1.56. The number of nitrogens with one attached hydrogen (secondary N) is 2. The van der Waals surface area contributed by atoms with Crippen LogP contribution in [0.2, 0.25) is 0 Å². The Bertz CT molecular complexity index is 801. The number of hydrazine groups is 1. The molecule has 8 heteroatoms. The lowest BCUT2D eigenvalue weighted by Crippen LogP contribution is -2.54. The number of para-hydroxylation sites is 1. The molecule has 1 atom stereocenters. The third-order valence-corrected chi connectivity index (χ3v) is 4.87. The van der Waals surface area contributed by atoms with Gasteiger partial charge in [0.25, 0.3) is 11.8 Å². The topological polar surface area (TPSA) is 102 Å². The Hall–Kier alpha value is -2.55. The Morgan fingerprint density at radius 2 is 1.86 bits per heavy atom. The zero-order valence-electron chi connectivity index (χ0n) is 15.9. The molecule has 0 saturated carbocycles. The van der Waals surface area contributed by atoms with Crippen LogP contribution >= 0.6 is 11.8 Å². The summed E-state index contributed by atoms with van der Waals surface area (Å²) < 4.78 is 0. The average molecular weight is 404 g/mol. The van der Waals surface area contributed by atoms with Crippen LogP contribution in [0.1, 0.15) is 22.3 Å². The van der Waals surface area contributed by atoms with Crippen molar-refractivity contribution in [1.82, 2.24) is 10.7 Å². The van der Waals surface area contributed by atoms with Crippen molar-refractivity contribution in [2.45, 2.75) is 19.4 Å². The zero-order valence-corrected chi connectivity index (χ0v) is 16.7. The summed E-state index contributed by atoms with van der Waals surface area (Å²) in [7, 11) is 0. The second-order valence-corrected chi connectivity index (χ2v) is 7.07. The molecule has 0 heterocycles. The zero-order chi connectivity index (χ0) is 20.5. The maximum Gasteiger partial charge on any atom is 0.264 e. The van der Waals surface area contributed by atoms with Crippen molar-refractivity contribution < 1.29 is 19.8 Å². The highest BCUT2D eigenvalue weighted by Crippen LogP contribution is 2.20. The van der Waals surface area contributed by atoms with Gasteiger partial charge >= 0.3 is 0 Å². The number of hydrogen-bond acceptors (Lipinski definition) is 6. The van der Waals surface area contributed by atoms with Gasteiger partial charge in [-0.15, -0.1) is 0 Å². The summed E-state index contributed by atoms with van der Waals surface area (Å²) in [5.41, 5.74) is 3.94. The van der Waals surface area contributed by atoms with Gasteiger partial charge in [0, 0.05) is 11.1 Å². The standard InChI is InChI=1S/C20H25N3O4S/c1-14-16(9-6-10-18(14)25)19(26)22-17(11-12-28-2)20(27)23(21-13-24)15-7-4-3-5-8-15/h3-10,17,21,24-25H,11-13H2,1-2H3,(H,22,26)/t17-/m0/s1. The van der Waals surface area contributed by atoms with E-state index in [0.29, 0.717) is 29.0 Å². The van der Waals surface area contributed by atoms with Gasteiger partial charge in [-0.05, 0) is 49.6 Å². The smallest absolute Gasteiger partial charge is 0.264 e. The van der Waals surface area contributed by atoms with Crippen LogP contribution in [0, 0.1) is 6.92 Å². The third kappa shape index (κ3) is 5.48. The molecule has 0 aliphatic heterocycles. The molecule has 0 saturated heterocycles. The first kappa shape index (κ1) is 21.7. The van der Waals surface area contributed by atoms with Crippen molar-refractivity contribution in [2.24, 2.45) is 0 Å². The van der Waals surface area contributed by atoms with Crippen LogP contribution in [0.4, 0.5) is 5.69 Å². The van der Waals surface area contributed by atoms with Crippen LogP contribution in [0.5, 0.6) is 5.75 Å². The van der Waals surface area contributed by atoms with E-state index in [1.165, 1.54) is 11.1 Å². The molecule has 0 spiro atoms. The van der Waals surface area contributed by atoms with E-state index in [4.69, 9.17) is 0 Å². The lowest BCUT2D eigenvalue weighted by Gasteiger charge is -2.28. The van der Waals surface area contributed by atoms with Crippen LogP contribution in [0.3, 0.4) is 0 Å². The summed E-state index contributed by atoms with van der Waals surface area (Å²) in [6.07, 6.45) is 2.34. The first-order chi connectivity index (χ1) is 13.5. The molecule has 0 aliphatic carbocycles. The second-order valence-electron chi connectivity index (χ2n) is 6.08. The lowest BCUT2D eigenvalue weighted by molar-refractivity contribution is -0.121. The minimum atomic E-state index is -0.805. The van der Waals surface area contributed by atoms with Crippen molar-refractivity contribution in [3.05, 3.63) is 59.7 Å². The largest absolute Gasteiger partial charge is 0.508 e. The lowest BCUT2D eigenvalue weighted by atomic mass is 10.1. The Balaban J connectivity index is 2.26. The molecular weight excluding hydrogens is 378 g/mol. The van der Waals surface area contributed by atoms with Gasteiger partial charge in [-0.2, -0.15) is 11.8 Å². The minimum Gasteiger partial charge on any atom is -0.508 e. The molecule has 0 aliphatic rings. The number of carbonyl (C=O) groups excluding carboxylic acids is 2. The first-order valence-electron chi connectivity index (χ1n) is 8.81. The number of anilines is 1. The number of aromatic hydroxyl groups is 1. The maximum atomic E-state index is 13.1. The normalized spacial score (nSPS) is 11.7. The molecule has 0 radical (unpaired) electrons. The highest BCUT2D eigenvalue weighted by atomic mass is 32.2. The summed E-state index contributed by atoms with van der Waals surface area (Å²) in [5, 5.41) is 23.2. The van der Waals surface area contributed by atoms with E-state index < -0.39 is 18.7 Å². The fraction of sp³-hybridized carbons (Fsp3) is 0.300. The number of benzene rings is 2. The number of phenols is 1. The fourth-order valence-electron chi connectivity index (χ4n) is 2.70. The first-order valence-corrected chi connectivity index (χ1v) is 10.2. The van der Waals surface area contributed by atoms with Crippen LogP contribution in [-0.2, 0) is 4.79 Å². The van der Waals surface area contributed by atoms with Gasteiger partial charge in [-0.25, -0.2) is 10.4 Å². The maximum absolute atomic E-state index is 13.1. The van der Waals surface area contributed by atoms with Crippen molar-refractivity contribution in [3.8, 4) is 5.75 Å². The van der Waals surface area contributed by atoms with Gasteiger partial charge in [0.1, 0.15) is 18.5 Å².